The van der Waals surface area contributed by atoms with Gasteiger partial charge >= 0.3 is 5.69 Å². The largest absolute Gasteiger partial charge is 0.497 e. The van der Waals surface area contributed by atoms with Gasteiger partial charge in [0.1, 0.15) is 5.75 Å². The molecule has 0 atom stereocenters. The fraction of sp³-hybridized carbons (Fsp3) is 0.0667. The summed E-state index contributed by atoms with van der Waals surface area (Å²) in [5, 5.41) is 0.866. The third-order valence-corrected chi connectivity index (χ3v) is 2.98. The van der Waals surface area contributed by atoms with Crippen LogP contribution < -0.4 is 10.4 Å². The summed E-state index contributed by atoms with van der Waals surface area (Å²) < 4.78 is 5.22. The number of aromatic nitrogens is 2. The van der Waals surface area contributed by atoms with Gasteiger partial charge in [-0.15, -0.1) is 0 Å². The van der Waals surface area contributed by atoms with Crippen molar-refractivity contribution in [2.24, 2.45) is 0 Å². The van der Waals surface area contributed by atoms with Crippen molar-refractivity contribution in [3.05, 3.63) is 59.0 Å². The normalized spacial score (nSPS) is 10.6. The maximum Gasteiger partial charge on any atom is 0.345 e. The van der Waals surface area contributed by atoms with Crippen LogP contribution in [0.25, 0.3) is 22.2 Å². The molecule has 0 amide bonds. The zero-order valence-corrected chi connectivity index (χ0v) is 10.4. The number of rotatable bonds is 2. The molecule has 0 aliphatic rings. The topological polar surface area (TPSA) is 55.0 Å². The van der Waals surface area contributed by atoms with Crippen LogP contribution in [0.15, 0.2) is 53.3 Å². The lowest BCUT2D eigenvalue weighted by Crippen LogP contribution is -2.11. The van der Waals surface area contributed by atoms with Crippen LogP contribution in [-0.2, 0) is 0 Å². The molecule has 19 heavy (non-hydrogen) atoms. The molecule has 1 heterocycles. The molecular weight excluding hydrogens is 240 g/mol. The van der Waals surface area contributed by atoms with Crippen molar-refractivity contribution in [1.82, 2.24) is 9.97 Å². The zero-order valence-electron chi connectivity index (χ0n) is 10.4. The molecule has 0 spiro atoms. The van der Waals surface area contributed by atoms with E-state index in [1.807, 2.05) is 48.5 Å². The Morgan fingerprint density at radius 2 is 1.89 bits per heavy atom. The molecule has 3 aromatic rings. The van der Waals surface area contributed by atoms with Crippen LogP contribution in [-0.4, -0.2) is 17.1 Å². The van der Waals surface area contributed by atoms with E-state index in [0.29, 0.717) is 5.69 Å². The molecule has 1 aromatic heterocycles. The van der Waals surface area contributed by atoms with Crippen molar-refractivity contribution in [1.29, 1.82) is 0 Å². The molecule has 0 aliphatic heterocycles. The summed E-state index contributed by atoms with van der Waals surface area (Å²) in [5.41, 5.74) is 1.97. The van der Waals surface area contributed by atoms with Crippen LogP contribution >= 0.6 is 0 Å². The summed E-state index contributed by atoms with van der Waals surface area (Å²) in [4.78, 5) is 18.4. The standard InChI is InChI=1S/C15H12N2O2/c1-19-11-7-8-13-12(9-11)14(17-15(18)16-13)10-5-3-2-4-6-10/h2-9H,1H3,(H,16,17,18). The summed E-state index contributed by atoms with van der Waals surface area (Å²) in [5.74, 6) is 0.735. The molecule has 0 saturated heterocycles. The maximum absolute atomic E-state index is 11.6. The van der Waals surface area contributed by atoms with Crippen molar-refractivity contribution in [2.45, 2.75) is 0 Å². The molecule has 0 bridgehead atoms. The Hall–Kier alpha value is -2.62. The SMILES string of the molecule is COc1ccc2[nH]c(=O)nc(-c3ccccc3)c2c1. The highest BCUT2D eigenvalue weighted by Crippen LogP contribution is 2.27. The van der Waals surface area contributed by atoms with E-state index in [2.05, 4.69) is 9.97 Å². The predicted octanol–water partition coefficient (Wildman–Crippen LogP) is 2.60. The van der Waals surface area contributed by atoms with Gasteiger partial charge < -0.3 is 9.72 Å². The predicted molar refractivity (Wildman–Crippen MR) is 74.4 cm³/mol. The van der Waals surface area contributed by atoms with Gasteiger partial charge in [0, 0.05) is 10.9 Å². The molecular formula is C15H12N2O2. The summed E-state index contributed by atoms with van der Waals surface area (Å²) in [6, 6.07) is 15.1. The molecule has 94 valence electrons. The van der Waals surface area contributed by atoms with E-state index >= 15 is 0 Å². The summed E-state index contributed by atoms with van der Waals surface area (Å²) in [6.45, 7) is 0. The number of H-pyrrole nitrogens is 1. The molecule has 4 nitrogen and oxygen atoms in total. The average molecular weight is 252 g/mol. The zero-order chi connectivity index (χ0) is 13.2. The Morgan fingerprint density at radius 1 is 1.11 bits per heavy atom. The second-order valence-electron chi connectivity index (χ2n) is 4.17. The van der Waals surface area contributed by atoms with Crippen LogP contribution in [0, 0.1) is 0 Å². The molecule has 2 aromatic carbocycles. The van der Waals surface area contributed by atoms with E-state index in [9.17, 15) is 4.79 Å². The Morgan fingerprint density at radius 3 is 2.63 bits per heavy atom. The number of benzene rings is 2. The Balaban J connectivity index is 2.36. The van der Waals surface area contributed by atoms with Crippen LogP contribution in [0.1, 0.15) is 0 Å². The highest BCUT2D eigenvalue weighted by atomic mass is 16.5. The minimum atomic E-state index is -0.350. The number of hydrogen-bond donors (Lipinski definition) is 1. The minimum Gasteiger partial charge on any atom is -0.497 e. The number of ether oxygens (including phenoxy) is 1. The number of methoxy groups -OCH3 is 1. The van der Waals surface area contributed by atoms with Gasteiger partial charge in [-0.2, -0.15) is 4.98 Å². The third kappa shape index (κ3) is 2.08. The molecule has 3 rings (SSSR count). The maximum atomic E-state index is 11.6. The van der Waals surface area contributed by atoms with E-state index in [1.165, 1.54) is 0 Å². The van der Waals surface area contributed by atoms with Crippen molar-refractivity contribution in [3.8, 4) is 17.0 Å². The van der Waals surface area contributed by atoms with Gasteiger partial charge in [0.25, 0.3) is 0 Å². The second kappa shape index (κ2) is 4.57. The first kappa shape index (κ1) is 11.5. The number of fused-ring (bicyclic) bond motifs is 1. The summed E-state index contributed by atoms with van der Waals surface area (Å²) in [7, 11) is 1.61. The summed E-state index contributed by atoms with van der Waals surface area (Å²) in [6.07, 6.45) is 0. The van der Waals surface area contributed by atoms with Crippen LogP contribution in [0.3, 0.4) is 0 Å². The Labute approximate surface area is 109 Å². The average Bonchev–Trinajstić information content (AvgIpc) is 2.47. The lowest BCUT2D eigenvalue weighted by Gasteiger charge is -2.07. The minimum absolute atomic E-state index is 0.350. The van der Waals surface area contributed by atoms with Crippen molar-refractivity contribution < 1.29 is 4.74 Å². The summed E-state index contributed by atoms with van der Waals surface area (Å²) >= 11 is 0. The van der Waals surface area contributed by atoms with E-state index in [-0.39, 0.29) is 5.69 Å². The van der Waals surface area contributed by atoms with Gasteiger partial charge in [-0.1, -0.05) is 30.3 Å². The van der Waals surface area contributed by atoms with Crippen LogP contribution in [0.5, 0.6) is 5.75 Å². The number of nitrogens with zero attached hydrogens (tertiary/aromatic N) is 1. The number of hydrogen-bond acceptors (Lipinski definition) is 3. The smallest absolute Gasteiger partial charge is 0.345 e. The van der Waals surface area contributed by atoms with Crippen molar-refractivity contribution in [2.75, 3.05) is 7.11 Å². The van der Waals surface area contributed by atoms with Gasteiger partial charge in [-0.3, -0.25) is 0 Å². The second-order valence-corrected chi connectivity index (χ2v) is 4.17. The first-order chi connectivity index (χ1) is 9.28. The molecule has 1 N–H and O–H groups in total. The molecule has 0 radical (unpaired) electrons. The molecule has 0 saturated carbocycles. The van der Waals surface area contributed by atoms with E-state index < -0.39 is 0 Å². The lowest BCUT2D eigenvalue weighted by molar-refractivity contribution is 0.415. The molecule has 0 aliphatic carbocycles. The van der Waals surface area contributed by atoms with Crippen LogP contribution in [0.4, 0.5) is 0 Å². The fourth-order valence-electron chi connectivity index (χ4n) is 2.08. The van der Waals surface area contributed by atoms with Gasteiger partial charge in [-0.25, -0.2) is 4.79 Å². The number of aromatic amines is 1. The highest BCUT2D eigenvalue weighted by molar-refractivity contribution is 5.92. The Bertz CT molecular complexity index is 779. The molecule has 4 heteroatoms. The molecule has 0 fully saturated rings. The van der Waals surface area contributed by atoms with Gasteiger partial charge in [0.05, 0.1) is 18.3 Å². The van der Waals surface area contributed by atoms with Crippen molar-refractivity contribution in [3.63, 3.8) is 0 Å². The van der Waals surface area contributed by atoms with Crippen LogP contribution in [0.2, 0.25) is 0 Å². The Kier molecular flexibility index (Phi) is 2.76. The fourth-order valence-corrected chi connectivity index (χ4v) is 2.08. The van der Waals surface area contributed by atoms with E-state index in [0.717, 1.165) is 22.2 Å². The number of nitrogens with one attached hydrogen (secondary N) is 1. The monoisotopic (exact) mass is 252 g/mol. The first-order valence-corrected chi connectivity index (χ1v) is 5.91. The van der Waals surface area contributed by atoms with Gasteiger partial charge in [-0.05, 0) is 18.2 Å². The molecule has 0 unspecified atom stereocenters. The van der Waals surface area contributed by atoms with Gasteiger partial charge in [0.2, 0.25) is 0 Å². The van der Waals surface area contributed by atoms with Gasteiger partial charge in [0.15, 0.2) is 0 Å². The first-order valence-electron chi connectivity index (χ1n) is 5.91. The van der Waals surface area contributed by atoms with E-state index in [4.69, 9.17) is 4.74 Å². The van der Waals surface area contributed by atoms with Crippen molar-refractivity contribution >= 4 is 10.9 Å². The highest BCUT2D eigenvalue weighted by Gasteiger charge is 2.08. The lowest BCUT2D eigenvalue weighted by atomic mass is 10.1. The third-order valence-electron chi connectivity index (χ3n) is 2.98. The van der Waals surface area contributed by atoms with E-state index in [1.54, 1.807) is 7.11 Å². The quantitative estimate of drug-likeness (QED) is 0.762.